The minimum absolute atomic E-state index is 0.0643. The van der Waals surface area contributed by atoms with Crippen molar-refractivity contribution in [3.8, 4) is 0 Å². The van der Waals surface area contributed by atoms with E-state index in [1.165, 1.54) is 22.3 Å². The van der Waals surface area contributed by atoms with Crippen LogP contribution in [-0.4, -0.2) is 29.9 Å². The van der Waals surface area contributed by atoms with Crippen LogP contribution in [0.25, 0.3) is 0 Å². The van der Waals surface area contributed by atoms with E-state index in [1.807, 2.05) is 86.6 Å². The van der Waals surface area contributed by atoms with Crippen LogP contribution in [0, 0.1) is 36.5 Å². The van der Waals surface area contributed by atoms with Crippen LogP contribution in [0.15, 0.2) is 192 Å². The lowest BCUT2D eigenvalue weighted by Gasteiger charge is -2.64. The maximum atomic E-state index is 13.8. The van der Waals surface area contributed by atoms with Gasteiger partial charge in [0.15, 0.2) is 0 Å². The summed E-state index contributed by atoms with van der Waals surface area (Å²) in [4.78, 5) is 0.678. The summed E-state index contributed by atoms with van der Waals surface area (Å²) in [5.74, 6) is 0.153. The Labute approximate surface area is 366 Å². The zero-order valence-corrected chi connectivity index (χ0v) is 36.8. The highest BCUT2D eigenvalue weighted by molar-refractivity contribution is 7.93. The Morgan fingerprint density at radius 2 is 0.774 bits per heavy atom. The predicted molar refractivity (Wildman–Crippen MR) is 247 cm³/mol. The SMILES string of the molecule is C=C1[C@H]2CN(S(=O)(=O)c3ccc(C)cc3)c3ccccc3[C@@]2(c2ccccc2)C12CC2.C=C1[C@H]2CN(S(=O)(=O)c3ccc(C)cc3)c3ccccc3[C@@]2(c2ccccc2)C12CC2. The average molecular weight is 855 g/mol. The van der Waals surface area contributed by atoms with Crippen molar-refractivity contribution in [1.29, 1.82) is 0 Å². The Hall–Kier alpha value is -5.70. The normalized spacial score (nSPS) is 25.5. The van der Waals surface area contributed by atoms with Gasteiger partial charge in [-0.1, -0.05) is 157 Å². The van der Waals surface area contributed by atoms with Crippen molar-refractivity contribution in [2.75, 3.05) is 21.7 Å². The van der Waals surface area contributed by atoms with E-state index in [-0.39, 0.29) is 33.5 Å². The largest absolute Gasteiger partial charge is 0.265 e. The molecule has 6 aromatic carbocycles. The van der Waals surface area contributed by atoms with Gasteiger partial charge in [-0.15, -0.1) is 0 Å². The van der Waals surface area contributed by atoms with Gasteiger partial charge in [0.1, 0.15) is 0 Å². The highest BCUT2D eigenvalue weighted by atomic mass is 32.2. The van der Waals surface area contributed by atoms with Crippen LogP contribution in [0.3, 0.4) is 0 Å². The lowest BCUT2D eigenvalue weighted by molar-refractivity contribution is 0.134. The second-order valence-corrected chi connectivity index (χ2v) is 22.1. The molecule has 2 heterocycles. The van der Waals surface area contributed by atoms with Crippen molar-refractivity contribution in [1.82, 2.24) is 0 Å². The molecule has 6 aliphatic rings. The first-order chi connectivity index (χ1) is 29.9. The molecular weight excluding hydrogens is 805 g/mol. The van der Waals surface area contributed by atoms with Crippen LogP contribution in [0.4, 0.5) is 11.4 Å². The molecule has 312 valence electrons. The molecule has 0 amide bonds. The molecule has 0 aromatic heterocycles. The smallest absolute Gasteiger partial charge is 0.264 e. The molecule has 4 atom stereocenters. The Kier molecular flexibility index (Phi) is 8.47. The van der Waals surface area contributed by atoms with Crippen LogP contribution >= 0.6 is 0 Å². The number of sulfonamides is 2. The molecule has 12 rings (SSSR count). The van der Waals surface area contributed by atoms with E-state index in [4.69, 9.17) is 0 Å². The van der Waals surface area contributed by atoms with E-state index in [0.717, 1.165) is 59.3 Å². The average Bonchev–Trinajstić information content (AvgIpc) is 4.24. The number of rotatable bonds is 6. The van der Waals surface area contributed by atoms with Gasteiger partial charge in [0.25, 0.3) is 20.0 Å². The highest BCUT2D eigenvalue weighted by Crippen LogP contribution is 2.82. The van der Waals surface area contributed by atoms with Crippen molar-refractivity contribution in [3.05, 3.63) is 215 Å². The first-order valence-electron chi connectivity index (χ1n) is 21.7. The molecule has 0 saturated heterocycles. The maximum Gasteiger partial charge on any atom is 0.264 e. The van der Waals surface area contributed by atoms with Crippen LogP contribution < -0.4 is 8.61 Å². The topological polar surface area (TPSA) is 74.8 Å². The number of benzene rings is 6. The minimum atomic E-state index is -3.67. The number of hydrogen-bond acceptors (Lipinski definition) is 4. The van der Waals surface area contributed by atoms with Gasteiger partial charge in [-0.2, -0.15) is 0 Å². The Morgan fingerprint density at radius 1 is 0.452 bits per heavy atom. The number of nitrogens with zero attached hydrogens (tertiary/aromatic N) is 2. The quantitative estimate of drug-likeness (QED) is 0.156. The van der Waals surface area contributed by atoms with Crippen molar-refractivity contribution in [2.45, 2.75) is 60.2 Å². The highest BCUT2D eigenvalue weighted by Gasteiger charge is 2.77. The molecular formula is C54H50N2O4S2. The number of fused-ring (bicyclic) bond motifs is 8. The van der Waals surface area contributed by atoms with Gasteiger partial charge >= 0.3 is 0 Å². The number of anilines is 2. The molecule has 6 nitrogen and oxygen atoms in total. The lowest BCUT2D eigenvalue weighted by Crippen LogP contribution is -2.64. The summed E-state index contributed by atoms with van der Waals surface area (Å²) < 4.78 is 58.3. The van der Waals surface area contributed by atoms with Crippen molar-refractivity contribution < 1.29 is 16.8 Å². The third-order valence-electron chi connectivity index (χ3n) is 15.7. The van der Waals surface area contributed by atoms with Crippen molar-refractivity contribution in [3.63, 3.8) is 0 Å². The summed E-state index contributed by atoms with van der Waals surface area (Å²) in [7, 11) is -7.34. The van der Waals surface area contributed by atoms with Gasteiger partial charge in [0.2, 0.25) is 0 Å². The first kappa shape index (κ1) is 39.2. The van der Waals surface area contributed by atoms with Crippen LogP contribution in [0.5, 0.6) is 0 Å². The van der Waals surface area contributed by atoms with Gasteiger partial charge in [-0.05, 0) is 98.2 Å². The van der Waals surface area contributed by atoms with Crippen LogP contribution in [0.2, 0.25) is 0 Å². The minimum Gasteiger partial charge on any atom is -0.265 e. The van der Waals surface area contributed by atoms with E-state index < -0.39 is 20.0 Å². The summed E-state index contributed by atoms with van der Waals surface area (Å²) in [6, 6.07) is 51.8. The van der Waals surface area contributed by atoms with Gasteiger partial charge < -0.3 is 0 Å². The molecule has 2 aliphatic heterocycles. The van der Waals surface area contributed by atoms with E-state index in [9.17, 15) is 16.8 Å². The van der Waals surface area contributed by atoms with Gasteiger partial charge in [-0.3, -0.25) is 8.61 Å². The molecule has 62 heavy (non-hydrogen) atoms. The Bertz CT molecular complexity index is 2820. The fourth-order valence-corrected chi connectivity index (χ4v) is 15.6. The molecule has 0 radical (unpaired) electrons. The van der Waals surface area contributed by atoms with Gasteiger partial charge in [0.05, 0.1) is 21.2 Å². The zero-order valence-electron chi connectivity index (χ0n) is 35.2. The molecule has 6 aromatic rings. The first-order valence-corrected chi connectivity index (χ1v) is 24.6. The molecule has 4 aliphatic carbocycles. The summed E-state index contributed by atoms with van der Waals surface area (Å²) in [6.07, 6.45) is 4.49. The summed E-state index contributed by atoms with van der Waals surface area (Å²) in [5.41, 5.74) is 10.7. The van der Waals surface area contributed by atoms with E-state index >= 15 is 0 Å². The predicted octanol–water partition coefficient (Wildman–Crippen LogP) is 10.9. The fourth-order valence-electron chi connectivity index (χ4n) is 12.6. The van der Waals surface area contributed by atoms with Crippen LogP contribution in [0.1, 0.15) is 59.1 Å². The molecule has 0 bridgehead atoms. The van der Waals surface area contributed by atoms with Gasteiger partial charge in [0, 0.05) is 46.6 Å². The third-order valence-corrected chi connectivity index (χ3v) is 19.3. The second-order valence-electron chi connectivity index (χ2n) is 18.4. The molecule has 0 N–H and O–H groups in total. The summed E-state index contributed by atoms with van der Waals surface area (Å²) >= 11 is 0. The maximum absolute atomic E-state index is 13.8. The fraction of sp³-hybridized carbons (Fsp3) is 0.259. The second kappa shape index (κ2) is 13.4. The zero-order chi connectivity index (χ0) is 42.9. The molecule has 0 unspecified atom stereocenters. The third kappa shape index (κ3) is 4.96. The Morgan fingerprint density at radius 3 is 1.11 bits per heavy atom. The lowest BCUT2D eigenvalue weighted by atomic mass is 9.41. The van der Waals surface area contributed by atoms with Crippen LogP contribution in [-0.2, 0) is 30.9 Å². The van der Waals surface area contributed by atoms with E-state index in [0.29, 0.717) is 22.9 Å². The Balaban J connectivity index is 0.000000139. The van der Waals surface area contributed by atoms with E-state index in [2.05, 4.69) is 73.8 Å². The number of aryl methyl sites for hydroxylation is 2. The van der Waals surface area contributed by atoms with Crippen molar-refractivity contribution in [2.24, 2.45) is 22.7 Å². The number of hydrogen-bond donors (Lipinski definition) is 0. The standard InChI is InChI=1S/2C27H25NO2S/c2*1-19-12-14-22(15-13-19)31(29,30)28-18-24-20(2)26(16-17-26)27(24,21-8-4-3-5-9-21)23-10-6-7-11-25(23)28/h2*3-15,24H,2,16-18H2,1H3/t2*24-,27-/m11/s1. The monoisotopic (exact) mass is 854 g/mol. The molecule has 4 saturated carbocycles. The van der Waals surface area contributed by atoms with Gasteiger partial charge in [-0.25, -0.2) is 16.8 Å². The summed E-state index contributed by atoms with van der Waals surface area (Å²) in [5, 5.41) is 0. The number of para-hydroxylation sites is 2. The molecule has 4 fully saturated rings. The molecule has 2 spiro atoms. The van der Waals surface area contributed by atoms with E-state index in [1.54, 1.807) is 32.9 Å². The molecule has 8 heteroatoms. The van der Waals surface area contributed by atoms with Crippen molar-refractivity contribution >= 4 is 31.4 Å². The summed E-state index contributed by atoms with van der Waals surface area (Å²) in [6.45, 7) is 13.8.